The maximum atomic E-state index is 13.0. The van der Waals surface area contributed by atoms with Crippen LogP contribution in [0.25, 0.3) is 11.3 Å². The molecule has 1 aliphatic rings. The summed E-state index contributed by atoms with van der Waals surface area (Å²) in [6.45, 7) is 0. The van der Waals surface area contributed by atoms with E-state index in [1.807, 2.05) is 72.8 Å². The highest BCUT2D eigenvalue weighted by Crippen LogP contribution is 2.58. The van der Waals surface area contributed by atoms with E-state index in [-0.39, 0.29) is 17.2 Å². The van der Waals surface area contributed by atoms with E-state index in [1.165, 1.54) is 6.21 Å². The Balaban J connectivity index is 1.29. The normalized spacial score (nSPS) is 16.7. The van der Waals surface area contributed by atoms with E-state index in [2.05, 4.69) is 50.7 Å². The number of carbonyl (C=O) groups excluding carboxylic acids is 1. The number of halogens is 1. The third-order valence-electron chi connectivity index (χ3n) is 5.98. The smallest absolute Gasteiger partial charge is 0.244 e. The summed E-state index contributed by atoms with van der Waals surface area (Å²) in [5.74, 6) is 1.07. The van der Waals surface area contributed by atoms with Crippen LogP contribution in [0.3, 0.4) is 0 Å². The zero-order valence-electron chi connectivity index (χ0n) is 17.2. The predicted molar refractivity (Wildman–Crippen MR) is 129 cm³/mol. The van der Waals surface area contributed by atoms with Gasteiger partial charge >= 0.3 is 0 Å². The zero-order chi connectivity index (χ0) is 22.0. The fraction of sp³-hybridized carbons (Fsp3) is 0.111. The van der Waals surface area contributed by atoms with E-state index in [9.17, 15) is 4.79 Å². The van der Waals surface area contributed by atoms with Crippen LogP contribution in [-0.2, 0) is 10.2 Å². The van der Waals surface area contributed by atoms with Crippen LogP contribution in [0.2, 0.25) is 0 Å². The second-order valence-corrected chi connectivity index (χ2v) is 8.82. The zero-order valence-corrected chi connectivity index (χ0v) is 18.8. The average molecular weight is 485 g/mol. The standard InChI is InChI=1S/C27H21BrN2O2/c28-22-13-11-19(12-14-22)25-16-15-23(32-25)18-29-30-26(31)24-17-27(24,20-7-3-1-4-8-20)21-9-5-2-6-10-21/h1-16,18,24H,17H2,(H,30,31)/t24-/m0/s1. The van der Waals surface area contributed by atoms with E-state index in [4.69, 9.17) is 4.42 Å². The summed E-state index contributed by atoms with van der Waals surface area (Å²) in [5.41, 5.74) is 5.69. The lowest BCUT2D eigenvalue weighted by atomic mass is 9.85. The highest BCUT2D eigenvalue weighted by Gasteiger charge is 2.60. The van der Waals surface area contributed by atoms with Gasteiger partial charge in [-0.2, -0.15) is 5.10 Å². The molecule has 0 bridgehead atoms. The van der Waals surface area contributed by atoms with Crippen LogP contribution in [0.4, 0.5) is 0 Å². The van der Waals surface area contributed by atoms with Crippen molar-refractivity contribution in [3.05, 3.63) is 118 Å². The minimum absolute atomic E-state index is 0.0892. The molecule has 158 valence electrons. The molecule has 0 radical (unpaired) electrons. The molecule has 0 unspecified atom stereocenters. The molecule has 0 spiro atoms. The molecule has 1 N–H and O–H groups in total. The number of furan rings is 1. The number of hydrazone groups is 1. The molecule has 1 heterocycles. The molecule has 4 aromatic rings. The second-order valence-electron chi connectivity index (χ2n) is 7.90. The van der Waals surface area contributed by atoms with Gasteiger partial charge < -0.3 is 4.42 Å². The number of hydrogen-bond acceptors (Lipinski definition) is 3. The Labute approximate surface area is 195 Å². The summed E-state index contributed by atoms with van der Waals surface area (Å²) in [6.07, 6.45) is 2.30. The third-order valence-corrected chi connectivity index (χ3v) is 6.51. The van der Waals surface area contributed by atoms with Gasteiger partial charge in [0.25, 0.3) is 0 Å². The number of amides is 1. The molecular weight excluding hydrogens is 464 g/mol. The molecule has 1 atom stereocenters. The van der Waals surface area contributed by atoms with Crippen molar-refractivity contribution in [1.82, 2.24) is 5.43 Å². The number of carbonyl (C=O) groups is 1. The quantitative estimate of drug-likeness (QED) is 0.263. The Morgan fingerprint density at radius 2 is 1.53 bits per heavy atom. The topological polar surface area (TPSA) is 54.6 Å². The molecule has 1 aromatic heterocycles. The SMILES string of the molecule is O=C(NN=Cc1ccc(-c2ccc(Br)cc2)o1)[C@@H]1CC1(c1ccccc1)c1ccccc1. The van der Waals surface area contributed by atoms with Gasteiger partial charge in [-0.15, -0.1) is 0 Å². The summed E-state index contributed by atoms with van der Waals surface area (Å²) >= 11 is 3.43. The molecule has 32 heavy (non-hydrogen) atoms. The Morgan fingerprint density at radius 1 is 0.906 bits per heavy atom. The highest BCUT2D eigenvalue weighted by molar-refractivity contribution is 9.10. The first-order chi connectivity index (χ1) is 15.7. The Morgan fingerprint density at radius 3 is 2.16 bits per heavy atom. The molecule has 1 aliphatic carbocycles. The molecule has 1 saturated carbocycles. The summed E-state index contributed by atoms with van der Waals surface area (Å²) in [7, 11) is 0. The van der Waals surface area contributed by atoms with Gasteiger partial charge in [-0.1, -0.05) is 88.7 Å². The fourth-order valence-corrected chi connectivity index (χ4v) is 4.55. The molecule has 4 nitrogen and oxygen atoms in total. The number of hydrogen-bond donors (Lipinski definition) is 1. The van der Waals surface area contributed by atoms with Crippen LogP contribution in [0.1, 0.15) is 23.3 Å². The van der Waals surface area contributed by atoms with E-state index >= 15 is 0 Å². The van der Waals surface area contributed by atoms with Crippen molar-refractivity contribution >= 4 is 28.1 Å². The Bertz CT molecular complexity index is 1210. The summed E-state index contributed by atoms with van der Waals surface area (Å²) < 4.78 is 6.84. The van der Waals surface area contributed by atoms with Gasteiger partial charge in [-0.3, -0.25) is 4.79 Å². The minimum Gasteiger partial charge on any atom is -0.455 e. The fourth-order valence-electron chi connectivity index (χ4n) is 4.28. The first-order valence-corrected chi connectivity index (χ1v) is 11.3. The Kier molecular flexibility index (Phi) is 5.50. The maximum Gasteiger partial charge on any atom is 0.244 e. The monoisotopic (exact) mass is 484 g/mol. The first-order valence-electron chi connectivity index (χ1n) is 10.5. The first kappa shape index (κ1) is 20.5. The van der Waals surface area contributed by atoms with Gasteiger partial charge in [-0.25, -0.2) is 5.43 Å². The molecule has 5 rings (SSSR count). The number of nitrogens with zero attached hydrogens (tertiary/aromatic N) is 1. The lowest BCUT2D eigenvalue weighted by Gasteiger charge is -2.18. The van der Waals surface area contributed by atoms with Gasteiger partial charge in [0.15, 0.2) is 0 Å². The van der Waals surface area contributed by atoms with Crippen LogP contribution < -0.4 is 5.43 Å². The largest absolute Gasteiger partial charge is 0.455 e. The lowest BCUT2D eigenvalue weighted by Crippen LogP contribution is -2.25. The molecule has 1 fully saturated rings. The van der Waals surface area contributed by atoms with Crippen molar-refractivity contribution in [2.45, 2.75) is 11.8 Å². The van der Waals surface area contributed by atoms with E-state index in [0.29, 0.717) is 5.76 Å². The number of benzene rings is 3. The van der Waals surface area contributed by atoms with E-state index in [1.54, 1.807) is 0 Å². The molecular formula is C27H21BrN2O2. The van der Waals surface area contributed by atoms with Crippen LogP contribution in [0.5, 0.6) is 0 Å². The Hall–Kier alpha value is -3.44. The number of nitrogens with one attached hydrogen (secondary N) is 1. The van der Waals surface area contributed by atoms with Gasteiger partial charge in [0.1, 0.15) is 11.5 Å². The second kappa shape index (κ2) is 8.60. The lowest BCUT2D eigenvalue weighted by molar-refractivity contribution is -0.122. The molecule has 0 saturated heterocycles. The van der Waals surface area contributed by atoms with E-state index < -0.39 is 0 Å². The van der Waals surface area contributed by atoms with Crippen LogP contribution in [-0.4, -0.2) is 12.1 Å². The molecule has 5 heteroatoms. The minimum atomic E-state index is -0.304. The van der Waals surface area contributed by atoms with Crippen molar-refractivity contribution in [1.29, 1.82) is 0 Å². The summed E-state index contributed by atoms with van der Waals surface area (Å²) in [4.78, 5) is 13.0. The third kappa shape index (κ3) is 3.92. The van der Waals surface area contributed by atoms with Gasteiger partial charge in [0.2, 0.25) is 5.91 Å². The molecule has 1 amide bonds. The van der Waals surface area contributed by atoms with Crippen molar-refractivity contribution in [3.63, 3.8) is 0 Å². The van der Waals surface area contributed by atoms with Crippen molar-refractivity contribution < 1.29 is 9.21 Å². The van der Waals surface area contributed by atoms with Gasteiger partial charge in [0, 0.05) is 15.5 Å². The summed E-state index contributed by atoms with van der Waals surface area (Å²) in [6, 6.07) is 32.1. The number of rotatable bonds is 6. The molecule has 0 aliphatic heterocycles. The summed E-state index contributed by atoms with van der Waals surface area (Å²) in [5, 5.41) is 4.15. The van der Waals surface area contributed by atoms with E-state index in [0.717, 1.165) is 33.3 Å². The van der Waals surface area contributed by atoms with Crippen LogP contribution >= 0.6 is 15.9 Å². The maximum absolute atomic E-state index is 13.0. The highest BCUT2D eigenvalue weighted by atomic mass is 79.9. The van der Waals surface area contributed by atoms with Crippen LogP contribution in [0.15, 0.2) is 111 Å². The van der Waals surface area contributed by atoms with Crippen molar-refractivity contribution in [2.75, 3.05) is 0 Å². The van der Waals surface area contributed by atoms with Crippen molar-refractivity contribution in [2.24, 2.45) is 11.0 Å². The predicted octanol–water partition coefficient (Wildman–Crippen LogP) is 6.17. The van der Waals surface area contributed by atoms with Crippen LogP contribution in [0, 0.1) is 5.92 Å². The van der Waals surface area contributed by atoms with Crippen molar-refractivity contribution in [3.8, 4) is 11.3 Å². The van der Waals surface area contributed by atoms with Gasteiger partial charge in [-0.05, 0) is 41.8 Å². The van der Waals surface area contributed by atoms with Gasteiger partial charge in [0.05, 0.1) is 12.1 Å². The average Bonchev–Trinajstić information content (AvgIpc) is 3.44. The molecule has 3 aromatic carbocycles.